The summed E-state index contributed by atoms with van der Waals surface area (Å²) in [4.78, 5) is 8.05. The molecule has 1 aromatic rings. The Balaban J connectivity index is 1.84. The molecule has 0 unspecified atom stereocenters. The molecular weight excluding hydrogens is 265 g/mol. The van der Waals surface area contributed by atoms with Gasteiger partial charge in [-0.2, -0.15) is 4.98 Å². The molecule has 3 fully saturated rings. The number of nitrogens with zero attached hydrogens (tertiary/aromatic N) is 2. The largest absolute Gasteiger partial charge is 0.364 e. The lowest BCUT2D eigenvalue weighted by atomic mass is 9.50. The number of halogens is 2. The number of nitrogens with one attached hydrogen (secondary N) is 1. The molecule has 3 aliphatic rings. The fraction of sp³-hybridized carbons (Fsp3) is 0.556. The van der Waals surface area contributed by atoms with Gasteiger partial charge in [0, 0.05) is 11.7 Å². The van der Waals surface area contributed by atoms with Gasteiger partial charge in [-0.15, -0.1) is 0 Å². The van der Waals surface area contributed by atoms with Crippen molar-refractivity contribution >= 4 is 33.3 Å². The molecule has 1 heterocycles. The predicted octanol–water partition coefficient (Wildman–Crippen LogP) is 2.86. The van der Waals surface area contributed by atoms with Gasteiger partial charge in [-0.05, 0) is 52.7 Å². The summed E-state index contributed by atoms with van der Waals surface area (Å²) in [5.41, 5.74) is 0.324. The number of hydrogen-bond acceptors (Lipinski definition) is 3. The summed E-state index contributed by atoms with van der Waals surface area (Å²) >= 11 is 9.14. The Bertz CT molecular complexity index is 379. The van der Waals surface area contributed by atoms with Crippen LogP contribution in [0.1, 0.15) is 19.3 Å². The molecule has 0 aliphatic heterocycles. The topological polar surface area (TPSA) is 37.8 Å². The molecule has 1 aromatic heterocycles. The van der Waals surface area contributed by atoms with Crippen molar-refractivity contribution in [2.45, 2.75) is 24.8 Å². The smallest absolute Gasteiger partial charge is 0.224 e. The molecule has 0 spiro atoms. The van der Waals surface area contributed by atoms with E-state index in [1.165, 1.54) is 19.3 Å². The van der Waals surface area contributed by atoms with E-state index in [-0.39, 0.29) is 0 Å². The van der Waals surface area contributed by atoms with E-state index in [1.807, 2.05) is 0 Å². The van der Waals surface area contributed by atoms with Crippen molar-refractivity contribution in [2.75, 3.05) is 5.32 Å². The summed E-state index contributed by atoms with van der Waals surface area (Å²) in [7, 11) is 0. The Labute approximate surface area is 95.4 Å². The molecule has 3 saturated carbocycles. The van der Waals surface area contributed by atoms with Crippen LogP contribution in [-0.4, -0.2) is 15.5 Å². The highest BCUT2D eigenvalue weighted by Gasteiger charge is 2.56. The standard InChI is InChI=1S/C9H9BrClN3/c10-6-4-12-8(11)13-7(6)14-9-1-5(2-9)3-9/h4-5H,1-3H2,(H,12,13,14). The molecule has 4 rings (SSSR count). The molecule has 2 bridgehead atoms. The first-order chi connectivity index (χ1) is 6.67. The van der Waals surface area contributed by atoms with E-state index in [0.717, 1.165) is 16.2 Å². The highest BCUT2D eigenvalue weighted by Crippen LogP contribution is 2.58. The van der Waals surface area contributed by atoms with Crippen molar-refractivity contribution in [1.82, 2.24) is 9.97 Å². The second-order valence-corrected chi connectivity index (χ2v) is 5.41. The van der Waals surface area contributed by atoms with Gasteiger partial charge in [0.2, 0.25) is 5.28 Å². The maximum absolute atomic E-state index is 5.74. The maximum Gasteiger partial charge on any atom is 0.224 e. The van der Waals surface area contributed by atoms with Gasteiger partial charge in [-0.25, -0.2) is 4.98 Å². The molecule has 1 N–H and O–H groups in total. The highest BCUT2D eigenvalue weighted by molar-refractivity contribution is 9.10. The summed E-state index contributed by atoms with van der Waals surface area (Å²) in [5.74, 6) is 1.78. The van der Waals surface area contributed by atoms with E-state index in [1.54, 1.807) is 6.20 Å². The molecule has 0 saturated heterocycles. The van der Waals surface area contributed by atoms with Crippen molar-refractivity contribution in [1.29, 1.82) is 0 Å². The van der Waals surface area contributed by atoms with Crippen LogP contribution in [-0.2, 0) is 0 Å². The monoisotopic (exact) mass is 273 g/mol. The Morgan fingerprint density at radius 3 is 2.79 bits per heavy atom. The zero-order valence-electron chi connectivity index (χ0n) is 7.43. The molecule has 0 aromatic carbocycles. The normalized spacial score (nSPS) is 33.1. The molecule has 0 amide bonds. The maximum atomic E-state index is 5.74. The lowest BCUT2D eigenvalue weighted by Crippen LogP contribution is -2.63. The minimum atomic E-state index is 0.294. The second kappa shape index (κ2) is 2.83. The van der Waals surface area contributed by atoms with Crippen molar-refractivity contribution in [2.24, 2.45) is 5.92 Å². The summed E-state index contributed by atoms with van der Waals surface area (Å²) in [6.45, 7) is 0. The predicted molar refractivity (Wildman–Crippen MR) is 58.4 cm³/mol. The van der Waals surface area contributed by atoms with Crippen LogP contribution in [0.5, 0.6) is 0 Å². The van der Waals surface area contributed by atoms with Crippen molar-refractivity contribution in [3.8, 4) is 0 Å². The van der Waals surface area contributed by atoms with Crippen LogP contribution in [0.15, 0.2) is 10.7 Å². The Kier molecular flexibility index (Phi) is 1.80. The number of hydrogen-bond donors (Lipinski definition) is 1. The number of anilines is 1. The van der Waals surface area contributed by atoms with Crippen LogP contribution in [0.2, 0.25) is 5.28 Å². The third-order valence-corrected chi connectivity index (χ3v) is 3.90. The van der Waals surface area contributed by atoms with E-state index in [0.29, 0.717) is 10.8 Å². The molecule has 3 aliphatic carbocycles. The third kappa shape index (κ3) is 1.24. The minimum absolute atomic E-state index is 0.294. The van der Waals surface area contributed by atoms with Crippen LogP contribution in [0.3, 0.4) is 0 Å². The van der Waals surface area contributed by atoms with Gasteiger partial charge >= 0.3 is 0 Å². The molecule has 0 atom stereocenters. The van der Waals surface area contributed by atoms with Crippen LogP contribution >= 0.6 is 27.5 Å². The SMILES string of the molecule is Clc1ncc(Br)c(NC23CC(C2)C3)n1. The average Bonchev–Trinajstić information content (AvgIpc) is 2.01. The van der Waals surface area contributed by atoms with Crippen molar-refractivity contribution in [3.63, 3.8) is 0 Å². The Morgan fingerprint density at radius 2 is 2.21 bits per heavy atom. The van der Waals surface area contributed by atoms with Gasteiger partial charge in [0.1, 0.15) is 5.82 Å². The summed E-state index contributed by atoms with van der Waals surface area (Å²) in [6.07, 6.45) is 5.52. The zero-order chi connectivity index (χ0) is 9.76. The number of aromatic nitrogens is 2. The zero-order valence-corrected chi connectivity index (χ0v) is 9.77. The first-order valence-corrected chi connectivity index (χ1v) is 5.80. The van der Waals surface area contributed by atoms with E-state index >= 15 is 0 Å². The first-order valence-electron chi connectivity index (χ1n) is 4.63. The molecule has 0 radical (unpaired) electrons. The fourth-order valence-electron chi connectivity index (χ4n) is 2.32. The van der Waals surface area contributed by atoms with E-state index in [2.05, 4.69) is 31.2 Å². The van der Waals surface area contributed by atoms with Gasteiger partial charge in [-0.3, -0.25) is 0 Å². The molecule has 5 heteroatoms. The number of rotatable bonds is 2. The van der Waals surface area contributed by atoms with Crippen LogP contribution in [0.4, 0.5) is 5.82 Å². The summed E-state index contributed by atoms with van der Waals surface area (Å²) < 4.78 is 0.881. The van der Waals surface area contributed by atoms with Gasteiger partial charge in [-0.1, -0.05) is 0 Å². The van der Waals surface area contributed by atoms with Crippen LogP contribution in [0, 0.1) is 5.92 Å². The van der Waals surface area contributed by atoms with Crippen molar-refractivity contribution in [3.05, 3.63) is 16.0 Å². The summed E-state index contributed by atoms with van der Waals surface area (Å²) in [6, 6.07) is 0. The molecule has 14 heavy (non-hydrogen) atoms. The van der Waals surface area contributed by atoms with Gasteiger partial charge in [0.05, 0.1) is 4.47 Å². The molecular formula is C9H9BrClN3. The fourth-order valence-corrected chi connectivity index (χ4v) is 2.74. The lowest BCUT2D eigenvalue weighted by molar-refractivity contribution is 0.00174. The van der Waals surface area contributed by atoms with Gasteiger partial charge in [0.15, 0.2) is 0 Å². The third-order valence-electron chi connectivity index (χ3n) is 3.14. The van der Waals surface area contributed by atoms with Gasteiger partial charge in [0.25, 0.3) is 0 Å². The van der Waals surface area contributed by atoms with Crippen molar-refractivity contribution < 1.29 is 0 Å². The average molecular weight is 275 g/mol. The quantitative estimate of drug-likeness (QED) is 0.843. The van der Waals surface area contributed by atoms with Gasteiger partial charge < -0.3 is 5.32 Å². The highest BCUT2D eigenvalue weighted by atomic mass is 79.9. The first kappa shape index (κ1) is 8.92. The van der Waals surface area contributed by atoms with E-state index < -0.39 is 0 Å². The van der Waals surface area contributed by atoms with Crippen LogP contribution in [0.25, 0.3) is 0 Å². The second-order valence-electron chi connectivity index (χ2n) is 4.22. The molecule has 74 valence electrons. The lowest BCUT2D eigenvalue weighted by Gasteiger charge is -2.62. The summed E-state index contributed by atoms with van der Waals surface area (Å²) in [5, 5.41) is 3.74. The Morgan fingerprint density at radius 1 is 1.50 bits per heavy atom. The van der Waals surface area contributed by atoms with E-state index in [4.69, 9.17) is 11.6 Å². The van der Waals surface area contributed by atoms with E-state index in [9.17, 15) is 0 Å². The minimum Gasteiger partial charge on any atom is -0.364 e. The molecule has 3 nitrogen and oxygen atoms in total. The Hall–Kier alpha value is -0.350. The van der Waals surface area contributed by atoms with Crippen LogP contribution < -0.4 is 5.32 Å².